The third-order valence-corrected chi connectivity index (χ3v) is 8.53. The third-order valence-electron chi connectivity index (χ3n) is 8.53. The van der Waals surface area contributed by atoms with Gasteiger partial charge in [0.1, 0.15) is 17.5 Å². The number of carbonyl (C=O) groups is 1. The topological polar surface area (TPSA) is 88.9 Å². The standard InChI is InChI=1S/C29H32N6O/c1-5-24(36)35-16-29(17-35)10-11-34(15-29)27-20(13-30)26(19-8-9-28(3,4)12-23(19)32-27)25-18(2)6-7-22-21(25)14-31-33-22/h5-7,14H,1,8-12,15-17H2,2-4H3,(H,31,33). The van der Waals surface area contributed by atoms with Crippen LogP contribution in [0, 0.1) is 29.1 Å². The van der Waals surface area contributed by atoms with Gasteiger partial charge >= 0.3 is 0 Å². The predicted molar refractivity (Wildman–Crippen MR) is 141 cm³/mol. The summed E-state index contributed by atoms with van der Waals surface area (Å²) in [5.74, 6) is 0.797. The van der Waals surface area contributed by atoms with E-state index in [0.29, 0.717) is 5.56 Å². The van der Waals surface area contributed by atoms with Crippen LogP contribution in [-0.2, 0) is 17.6 Å². The van der Waals surface area contributed by atoms with Crippen LogP contribution in [0.4, 0.5) is 5.82 Å². The number of anilines is 1. The highest BCUT2D eigenvalue weighted by Crippen LogP contribution is 2.47. The van der Waals surface area contributed by atoms with Crippen LogP contribution in [0.5, 0.6) is 0 Å². The molecule has 0 unspecified atom stereocenters. The highest BCUT2D eigenvalue weighted by atomic mass is 16.2. The van der Waals surface area contributed by atoms with Crippen molar-refractivity contribution in [3.63, 3.8) is 0 Å². The van der Waals surface area contributed by atoms with Crippen molar-refractivity contribution in [1.82, 2.24) is 20.1 Å². The van der Waals surface area contributed by atoms with E-state index in [2.05, 4.69) is 60.6 Å². The average molecular weight is 481 g/mol. The molecule has 6 rings (SSSR count). The largest absolute Gasteiger partial charge is 0.355 e. The number of H-pyrrole nitrogens is 1. The van der Waals surface area contributed by atoms with Crippen molar-refractivity contribution in [2.45, 2.75) is 46.5 Å². The molecule has 0 radical (unpaired) electrons. The minimum absolute atomic E-state index is 0.00288. The Labute approximate surface area is 211 Å². The molecule has 184 valence electrons. The number of fused-ring (bicyclic) bond motifs is 2. The average Bonchev–Trinajstić information content (AvgIpc) is 3.48. The Kier molecular flexibility index (Phi) is 5.01. The van der Waals surface area contributed by atoms with Gasteiger partial charge in [-0.3, -0.25) is 9.89 Å². The molecule has 1 aromatic carbocycles. The summed E-state index contributed by atoms with van der Waals surface area (Å²) in [6.45, 7) is 13.5. The molecule has 0 saturated carbocycles. The van der Waals surface area contributed by atoms with Crippen LogP contribution in [0.15, 0.2) is 31.0 Å². The van der Waals surface area contributed by atoms with Crippen LogP contribution in [0.1, 0.15) is 49.1 Å². The molecule has 7 nitrogen and oxygen atoms in total. The van der Waals surface area contributed by atoms with Crippen molar-refractivity contribution in [3.8, 4) is 17.2 Å². The molecule has 3 aromatic rings. The molecule has 4 heterocycles. The van der Waals surface area contributed by atoms with Crippen LogP contribution < -0.4 is 4.90 Å². The second-order valence-corrected chi connectivity index (χ2v) is 11.7. The molecule has 1 amide bonds. The van der Waals surface area contributed by atoms with E-state index >= 15 is 0 Å². The van der Waals surface area contributed by atoms with Gasteiger partial charge in [-0.2, -0.15) is 10.4 Å². The number of pyridine rings is 1. The van der Waals surface area contributed by atoms with Gasteiger partial charge in [-0.15, -0.1) is 0 Å². The molecule has 2 aliphatic heterocycles. The molecule has 1 aliphatic carbocycles. The first kappa shape index (κ1) is 22.8. The lowest BCUT2D eigenvalue weighted by Gasteiger charge is -2.47. The van der Waals surface area contributed by atoms with Crippen molar-refractivity contribution in [3.05, 3.63) is 53.4 Å². The fourth-order valence-electron chi connectivity index (χ4n) is 6.57. The number of aromatic amines is 1. The molecule has 1 spiro atoms. The van der Waals surface area contributed by atoms with Crippen molar-refractivity contribution in [2.24, 2.45) is 10.8 Å². The summed E-state index contributed by atoms with van der Waals surface area (Å²) in [7, 11) is 0. The monoisotopic (exact) mass is 480 g/mol. The highest BCUT2D eigenvalue weighted by Gasteiger charge is 2.49. The normalized spacial score (nSPS) is 19.7. The maximum Gasteiger partial charge on any atom is 0.245 e. The quantitative estimate of drug-likeness (QED) is 0.556. The Morgan fingerprint density at radius 3 is 2.78 bits per heavy atom. The van der Waals surface area contributed by atoms with Crippen LogP contribution in [0.3, 0.4) is 0 Å². The second-order valence-electron chi connectivity index (χ2n) is 11.7. The van der Waals surface area contributed by atoms with Crippen molar-refractivity contribution in [1.29, 1.82) is 5.26 Å². The zero-order chi connectivity index (χ0) is 25.2. The summed E-state index contributed by atoms with van der Waals surface area (Å²) in [5.41, 5.74) is 7.49. The zero-order valence-corrected chi connectivity index (χ0v) is 21.3. The summed E-state index contributed by atoms with van der Waals surface area (Å²) < 4.78 is 0. The van der Waals surface area contributed by atoms with E-state index < -0.39 is 0 Å². The highest BCUT2D eigenvalue weighted by molar-refractivity contribution is 5.99. The maximum atomic E-state index is 12.1. The predicted octanol–water partition coefficient (Wildman–Crippen LogP) is 4.54. The molecular weight excluding hydrogens is 448 g/mol. The number of likely N-dealkylation sites (tertiary alicyclic amines) is 1. The van der Waals surface area contributed by atoms with Gasteiger partial charge in [0.2, 0.25) is 5.91 Å². The fourth-order valence-corrected chi connectivity index (χ4v) is 6.57. The first-order valence-electron chi connectivity index (χ1n) is 12.8. The maximum absolute atomic E-state index is 12.1. The van der Waals surface area contributed by atoms with Crippen molar-refractivity contribution in [2.75, 3.05) is 31.1 Å². The Morgan fingerprint density at radius 1 is 1.22 bits per heavy atom. The van der Waals surface area contributed by atoms with Gasteiger partial charge in [-0.1, -0.05) is 26.5 Å². The summed E-state index contributed by atoms with van der Waals surface area (Å²) in [5, 5.41) is 19.0. The summed E-state index contributed by atoms with van der Waals surface area (Å²) in [6.07, 6.45) is 7.15. The summed E-state index contributed by atoms with van der Waals surface area (Å²) >= 11 is 0. The lowest BCUT2D eigenvalue weighted by molar-refractivity contribution is -0.136. The van der Waals surface area contributed by atoms with E-state index in [0.717, 1.165) is 91.0 Å². The molecule has 2 saturated heterocycles. The smallest absolute Gasteiger partial charge is 0.245 e. The number of amides is 1. The number of nitriles is 1. The minimum Gasteiger partial charge on any atom is -0.355 e. The van der Waals surface area contributed by atoms with E-state index in [1.807, 2.05) is 11.1 Å². The number of nitrogens with zero attached hydrogens (tertiary/aromatic N) is 5. The van der Waals surface area contributed by atoms with Crippen LogP contribution in [0.25, 0.3) is 22.0 Å². The third kappa shape index (κ3) is 3.42. The van der Waals surface area contributed by atoms with E-state index in [1.54, 1.807) is 0 Å². The van der Waals surface area contributed by atoms with Crippen LogP contribution >= 0.6 is 0 Å². The molecule has 2 aromatic heterocycles. The van der Waals surface area contributed by atoms with Crippen molar-refractivity contribution < 1.29 is 4.79 Å². The molecule has 7 heteroatoms. The van der Waals surface area contributed by atoms with Gasteiger partial charge < -0.3 is 9.80 Å². The first-order chi connectivity index (χ1) is 17.2. The lowest BCUT2D eigenvalue weighted by Crippen LogP contribution is -2.59. The Morgan fingerprint density at radius 2 is 2.03 bits per heavy atom. The second kappa shape index (κ2) is 7.92. The number of hydrogen-bond donors (Lipinski definition) is 1. The number of benzene rings is 1. The van der Waals surface area contributed by atoms with Crippen LogP contribution in [-0.4, -0.2) is 52.2 Å². The van der Waals surface area contributed by atoms with Gasteiger partial charge in [0.15, 0.2) is 0 Å². The molecule has 3 aliphatic rings. The molecule has 0 bridgehead atoms. The van der Waals surface area contributed by atoms with E-state index in [4.69, 9.17) is 4.98 Å². The minimum atomic E-state index is -0.00288. The molecule has 1 N–H and O–H groups in total. The van der Waals surface area contributed by atoms with Gasteiger partial charge in [0, 0.05) is 48.2 Å². The SMILES string of the molecule is C=CC(=O)N1CC2(CCN(c3nc4c(c(-c5c(C)ccc6[nH]ncc56)c3C#N)CCC(C)(C)C4)C2)C1. The Hall–Kier alpha value is -3.66. The first-order valence-corrected chi connectivity index (χ1v) is 12.8. The number of hydrogen-bond acceptors (Lipinski definition) is 5. The fraction of sp³-hybridized carbons (Fsp3) is 0.448. The number of nitrogens with one attached hydrogen (secondary N) is 1. The van der Waals surface area contributed by atoms with Crippen molar-refractivity contribution >= 4 is 22.6 Å². The Bertz CT molecular complexity index is 1450. The molecular formula is C29H32N6O. The number of aryl methyl sites for hydroxylation is 1. The van der Waals surface area contributed by atoms with Gasteiger partial charge in [0.05, 0.1) is 11.7 Å². The summed E-state index contributed by atoms with van der Waals surface area (Å²) in [4.78, 5) is 21.4. The number of aromatic nitrogens is 3. The van der Waals surface area contributed by atoms with Crippen LogP contribution in [0.2, 0.25) is 0 Å². The molecule has 2 fully saturated rings. The number of carbonyl (C=O) groups excluding carboxylic acids is 1. The van der Waals surface area contributed by atoms with Gasteiger partial charge in [-0.05, 0) is 66.9 Å². The van der Waals surface area contributed by atoms with Gasteiger partial charge in [0.25, 0.3) is 0 Å². The Balaban J connectivity index is 1.50. The van der Waals surface area contributed by atoms with E-state index in [-0.39, 0.29) is 16.7 Å². The number of rotatable bonds is 3. The summed E-state index contributed by atoms with van der Waals surface area (Å²) in [6, 6.07) is 6.75. The van der Waals surface area contributed by atoms with Gasteiger partial charge in [-0.25, -0.2) is 4.98 Å². The molecule has 36 heavy (non-hydrogen) atoms. The zero-order valence-electron chi connectivity index (χ0n) is 21.3. The lowest BCUT2D eigenvalue weighted by atomic mass is 9.73. The van der Waals surface area contributed by atoms with E-state index in [1.165, 1.54) is 11.6 Å². The molecule has 0 atom stereocenters. The van der Waals surface area contributed by atoms with E-state index in [9.17, 15) is 10.1 Å².